The highest BCUT2D eigenvalue weighted by Crippen LogP contribution is 2.44. The summed E-state index contributed by atoms with van der Waals surface area (Å²) in [5.41, 5.74) is 31.1. The highest BCUT2D eigenvalue weighted by atomic mass is 127. The fraction of sp³-hybridized carbons (Fsp3) is 0.0513. The Hall–Kier alpha value is -12.8. The highest BCUT2D eigenvalue weighted by molar-refractivity contribution is 14.1. The number of pyridine rings is 2. The molecular formula is C117H90BBr4IN4O3. The van der Waals surface area contributed by atoms with Crippen LogP contribution in [0.3, 0.4) is 0 Å². The Morgan fingerprint density at radius 1 is 0.308 bits per heavy atom. The van der Waals surface area contributed by atoms with Crippen molar-refractivity contribution in [2.24, 2.45) is 0 Å². The standard InChI is InChI=1S/C31H28BNO2.C25H18BrNO.C25H16BrN.C18H15N.C12H9Br.C6H4BrI/c1-30(2)31(3,4)35-32(34-30)23-15-10-14-22(20-23)29-26-18-11-17-24(21-12-6-5-7-13-21)28(26)25-16-8-9-19-27(25)33-29;26-20-12-8-11-19(17-20)25(28)27-24-16-7-6-15-23(24)22-14-5-4-13-21(22)18-9-2-1-3-10-18;26-19-11-6-10-18(16-19)25-22-14-7-13-20(17-8-2-1-3-9-17)24(22)21-12-4-5-15-23(21)27-25;19-18-13-7-6-12-17(18)16-11-5-4-10-15(16)14-8-2-1-3-9-14;13-12-9-5-4-8-11(12)10-6-2-1-3-7-10;7-5-3-1-2-4-6(5)8/h5-20H,1-4H3;1-17H,(H,27,28);1-16H;1-13H,19H2;1-9H;1-4H. The molecule has 1 aliphatic heterocycles. The molecule has 18 aromatic carbocycles. The third-order valence-corrected chi connectivity index (χ3v) is 27.1. The minimum absolute atomic E-state index is 0.133. The zero-order valence-electron chi connectivity index (χ0n) is 72.0. The van der Waals surface area contributed by atoms with Gasteiger partial charge in [-0.25, -0.2) is 9.97 Å². The number of hydrogen-bond acceptors (Lipinski definition) is 6. The molecule has 20 aromatic rings. The van der Waals surface area contributed by atoms with Gasteiger partial charge in [-0.05, 0) is 211 Å². The number of halogens is 5. The summed E-state index contributed by atoms with van der Waals surface area (Å²) in [5, 5.41) is 10.2. The van der Waals surface area contributed by atoms with Crippen molar-refractivity contribution in [2.75, 3.05) is 11.1 Å². The second-order valence-corrected chi connectivity index (χ2v) is 36.8. The molecule has 21 rings (SSSR count). The van der Waals surface area contributed by atoms with Crippen LogP contribution in [0.15, 0.2) is 473 Å². The van der Waals surface area contributed by atoms with E-state index in [0.29, 0.717) is 5.56 Å². The predicted molar refractivity (Wildman–Crippen MR) is 571 cm³/mol. The summed E-state index contributed by atoms with van der Waals surface area (Å²) in [6.45, 7) is 8.33. The number of carbonyl (C=O) groups is 1. The number of para-hydroxylation sites is 4. The molecule has 1 aliphatic rings. The van der Waals surface area contributed by atoms with Gasteiger partial charge in [-0.3, -0.25) is 4.79 Å². The van der Waals surface area contributed by atoms with Gasteiger partial charge in [0.25, 0.3) is 5.91 Å². The number of nitrogens with one attached hydrogen (secondary N) is 1. The molecule has 0 unspecified atom stereocenters. The number of nitrogens with two attached hydrogens (primary N) is 1. The fourth-order valence-electron chi connectivity index (χ4n) is 15.9. The Morgan fingerprint density at radius 3 is 1.11 bits per heavy atom. The summed E-state index contributed by atoms with van der Waals surface area (Å²) in [6, 6.07) is 155. The lowest BCUT2D eigenvalue weighted by molar-refractivity contribution is 0.00578. The van der Waals surface area contributed by atoms with Crippen LogP contribution in [0.2, 0.25) is 0 Å². The van der Waals surface area contributed by atoms with Gasteiger partial charge in [0.1, 0.15) is 0 Å². The Morgan fingerprint density at radius 2 is 0.646 bits per heavy atom. The van der Waals surface area contributed by atoms with Gasteiger partial charge in [0.15, 0.2) is 0 Å². The Bertz CT molecular complexity index is 7300. The van der Waals surface area contributed by atoms with Crippen molar-refractivity contribution >= 4 is 160 Å². The maximum absolute atomic E-state index is 12.8. The number of nitrogens with zero attached hydrogens (tertiary/aromatic N) is 2. The highest BCUT2D eigenvalue weighted by Gasteiger charge is 2.52. The summed E-state index contributed by atoms with van der Waals surface area (Å²) in [5.74, 6) is -0.133. The molecule has 2 aromatic heterocycles. The van der Waals surface area contributed by atoms with Crippen LogP contribution in [0.4, 0.5) is 11.4 Å². The fourth-order valence-corrected chi connectivity index (χ4v) is 17.9. The van der Waals surface area contributed by atoms with Gasteiger partial charge in [-0.15, -0.1) is 0 Å². The van der Waals surface area contributed by atoms with Gasteiger partial charge in [-0.2, -0.15) is 0 Å². The van der Waals surface area contributed by atoms with E-state index in [9.17, 15) is 4.79 Å². The van der Waals surface area contributed by atoms with Crippen molar-refractivity contribution < 1.29 is 14.1 Å². The van der Waals surface area contributed by atoms with Crippen molar-refractivity contribution in [3.05, 3.63) is 482 Å². The third-order valence-electron chi connectivity index (χ3n) is 23.0. The van der Waals surface area contributed by atoms with Gasteiger partial charge < -0.3 is 20.4 Å². The van der Waals surface area contributed by atoms with Crippen LogP contribution in [0, 0.1) is 3.57 Å². The normalized spacial score (nSPS) is 12.1. The first-order chi connectivity index (χ1) is 63.4. The average molecular weight is 2060 g/mol. The quantitative estimate of drug-likeness (QED) is 0.0547. The second-order valence-electron chi connectivity index (χ2n) is 32.0. The molecule has 1 saturated heterocycles. The molecule has 0 bridgehead atoms. The number of nitrogen functional groups attached to an aromatic ring is 1. The van der Waals surface area contributed by atoms with E-state index >= 15 is 0 Å². The molecule has 0 spiro atoms. The number of hydrogen-bond donors (Lipinski definition) is 2. The van der Waals surface area contributed by atoms with E-state index in [4.69, 9.17) is 25.0 Å². The van der Waals surface area contributed by atoms with Crippen molar-refractivity contribution in [3.8, 4) is 100 Å². The number of aromatic nitrogens is 2. The lowest BCUT2D eigenvalue weighted by atomic mass is 9.78. The molecule has 0 radical (unpaired) electrons. The first kappa shape index (κ1) is 90.6. The first-order valence-electron chi connectivity index (χ1n) is 42.9. The summed E-state index contributed by atoms with van der Waals surface area (Å²) in [4.78, 5) is 23.0. The van der Waals surface area contributed by atoms with Crippen LogP contribution in [-0.4, -0.2) is 34.2 Å². The van der Waals surface area contributed by atoms with Gasteiger partial charge >= 0.3 is 7.12 Å². The van der Waals surface area contributed by atoms with Gasteiger partial charge in [0, 0.05) is 93.0 Å². The molecular weight excluding hydrogens is 1970 g/mol. The SMILES string of the molecule is Brc1cccc(-c2nc3ccccc3c3c(-c4ccccc4)cccc23)c1.Brc1ccccc1-c1ccccc1.Brc1ccccc1I.CC1(C)OB(c2cccc(-c3nc4ccccc4c4c(-c5ccccc5)cccc34)c2)OC1(C)C.Nc1ccccc1-c1ccccc1-c1ccccc1.O=C(Nc1ccccc1-c1ccccc1-c1ccccc1)c1cccc(Br)c1. The van der Waals surface area contributed by atoms with E-state index in [1.807, 2.05) is 146 Å². The minimum Gasteiger partial charge on any atom is -0.399 e. The lowest BCUT2D eigenvalue weighted by Gasteiger charge is -2.32. The molecule has 130 heavy (non-hydrogen) atoms. The minimum atomic E-state index is -0.411. The van der Waals surface area contributed by atoms with E-state index in [0.717, 1.165) is 102 Å². The van der Waals surface area contributed by atoms with E-state index in [-0.39, 0.29) is 17.1 Å². The average Bonchev–Trinajstić information content (AvgIpc) is 0.797. The van der Waals surface area contributed by atoms with Crippen molar-refractivity contribution in [1.29, 1.82) is 0 Å². The van der Waals surface area contributed by atoms with Crippen molar-refractivity contribution in [3.63, 3.8) is 0 Å². The van der Waals surface area contributed by atoms with E-state index in [2.05, 4.69) is 423 Å². The van der Waals surface area contributed by atoms with Gasteiger partial charge in [0.2, 0.25) is 0 Å². The lowest BCUT2D eigenvalue weighted by Crippen LogP contribution is -2.41. The molecule has 3 N–H and O–H groups in total. The largest absolute Gasteiger partial charge is 0.494 e. The molecule has 0 atom stereocenters. The maximum atomic E-state index is 12.8. The number of anilines is 2. The van der Waals surface area contributed by atoms with Crippen molar-refractivity contribution in [1.82, 2.24) is 9.97 Å². The summed E-state index contributed by atoms with van der Waals surface area (Å²) >= 11 is 16.2. The molecule has 1 amide bonds. The number of carbonyl (C=O) groups excluding carboxylic acids is 1. The first-order valence-corrected chi connectivity index (χ1v) is 47.1. The topological polar surface area (TPSA) is 99.4 Å². The number of fused-ring (bicyclic) bond motifs is 6. The van der Waals surface area contributed by atoms with Crippen LogP contribution in [0.5, 0.6) is 0 Å². The van der Waals surface area contributed by atoms with Gasteiger partial charge in [0.05, 0.1) is 33.6 Å². The summed E-state index contributed by atoms with van der Waals surface area (Å²) < 4.78 is 18.2. The maximum Gasteiger partial charge on any atom is 0.494 e. The summed E-state index contributed by atoms with van der Waals surface area (Å²) in [6.07, 6.45) is 0. The second kappa shape index (κ2) is 42.6. The Kier molecular flexibility index (Phi) is 29.7. The number of benzene rings is 18. The molecule has 3 heterocycles. The van der Waals surface area contributed by atoms with E-state index < -0.39 is 7.12 Å². The molecule has 0 saturated carbocycles. The smallest absolute Gasteiger partial charge is 0.399 e. The van der Waals surface area contributed by atoms with Gasteiger partial charge in [-0.1, -0.05) is 430 Å². The molecule has 0 aliphatic carbocycles. The zero-order chi connectivity index (χ0) is 89.9. The monoisotopic (exact) mass is 2050 g/mol. The number of rotatable bonds is 12. The number of amides is 1. The zero-order valence-corrected chi connectivity index (χ0v) is 80.5. The Balaban J connectivity index is 0.000000119. The van der Waals surface area contributed by atoms with E-state index in [1.54, 1.807) is 6.07 Å². The predicted octanol–water partition coefficient (Wildman–Crippen LogP) is 33.3. The van der Waals surface area contributed by atoms with E-state index in [1.165, 1.54) is 79.7 Å². The molecule has 634 valence electrons. The van der Waals surface area contributed by atoms with Crippen LogP contribution in [0.1, 0.15) is 38.1 Å². The van der Waals surface area contributed by atoms with Crippen LogP contribution < -0.4 is 16.5 Å². The van der Waals surface area contributed by atoms with Crippen molar-refractivity contribution in [2.45, 2.75) is 38.9 Å². The summed E-state index contributed by atoms with van der Waals surface area (Å²) in [7, 11) is -0.411. The van der Waals surface area contributed by atoms with Crippen LogP contribution >= 0.6 is 86.3 Å². The van der Waals surface area contributed by atoms with Crippen LogP contribution in [0.25, 0.3) is 144 Å². The Labute approximate surface area is 808 Å². The van der Waals surface area contributed by atoms with Crippen LogP contribution in [-0.2, 0) is 9.31 Å². The molecule has 7 nitrogen and oxygen atoms in total. The third kappa shape index (κ3) is 21.5. The molecule has 13 heteroatoms. The molecule has 1 fully saturated rings.